The first kappa shape index (κ1) is 70.0. The van der Waals surface area contributed by atoms with E-state index in [-0.39, 0.29) is 32.2 Å². The van der Waals surface area contributed by atoms with E-state index >= 15 is 0 Å². The van der Waals surface area contributed by atoms with Crippen molar-refractivity contribution in [2.45, 2.75) is 283 Å². The number of carboxylic acids is 1. The fourth-order valence-electron chi connectivity index (χ4n) is 8.58. The molecule has 0 rings (SSSR count). The summed E-state index contributed by atoms with van der Waals surface area (Å²) in [5.41, 5.74) is 0. The first-order valence-electron chi connectivity index (χ1n) is 30.4. The molecular formula is C64H115NO8. The molecule has 9 heteroatoms. The molecule has 0 fully saturated rings. The minimum Gasteiger partial charge on any atom is -0.545 e. The lowest BCUT2D eigenvalue weighted by molar-refractivity contribution is -0.870. The maximum absolute atomic E-state index is 12.9. The van der Waals surface area contributed by atoms with Crippen molar-refractivity contribution in [2.75, 3.05) is 47.5 Å². The van der Waals surface area contributed by atoms with Crippen LogP contribution in [0, 0.1) is 0 Å². The van der Waals surface area contributed by atoms with Gasteiger partial charge in [0.2, 0.25) is 0 Å². The van der Waals surface area contributed by atoms with Gasteiger partial charge < -0.3 is 33.3 Å². The SMILES string of the molecule is CC/C=C\C/C=C\C/C=C\C/C=C\CCCCCCCCCCCCC(=O)OC(COC(=O)CCCCCCCCCCCCCCC/C=C\CCCCCCCCCC)COC(OCC[N+](C)(C)C)C(=O)[O-]. The van der Waals surface area contributed by atoms with E-state index in [9.17, 15) is 19.5 Å². The van der Waals surface area contributed by atoms with E-state index in [2.05, 4.69) is 74.6 Å². The van der Waals surface area contributed by atoms with Crippen molar-refractivity contribution in [1.29, 1.82) is 0 Å². The molecule has 424 valence electrons. The zero-order chi connectivity index (χ0) is 53.4. The number of aliphatic carboxylic acids is 1. The number of quaternary nitrogens is 1. The van der Waals surface area contributed by atoms with Crippen molar-refractivity contribution < 1.29 is 42.9 Å². The van der Waals surface area contributed by atoms with Gasteiger partial charge in [-0.05, 0) is 77.0 Å². The second-order valence-corrected chi connectivity index (χ2v) is 21.6. The van der Waals surface area contributed by atoms with Gasteiger partial charge in [-0.2, -0.15) is 0 Å². The van der Waals surface area contributed by atoms with Gasteiger partial charge in [0, 0.05) is 12.8 Å². The second-order valence-electron chi connectivity index (χ2n) is 21.6. The summed E-state index contributed by atoms with van der Waals surface area (Å²) in [5, 5.41) is 11.8. The molecule has 0 aliphatic rings. The highest BCUT2D eigenvalue weighted by Crippen LogP contribution is 2.17. The number of carboxylic acid groups (broad SMARTS) is 1. The fourth-order valence-corrected chi connectivity index (χ4v) is 8.58. The van der Waals surface area contributed by atoms with E-state index in [1.807, 2.05) is 21.1 Å². The van der Waals surface area contributed by atoms with Crippen LogP contribution in [-0.4, -0.2) is 82.3 Å². The first-order valence-corrected chi connectivity index (χ1v) is 30.4. The van der Waals surface area contributed by atoms with Crippen LogP contribution in [0.1, 0.15) is 271 Å². The quantitative estimate of drug-likeness (QED) is 0.0195. The van der Waals surface area contributed by atoms with Crippen molar-refractivity contribution in [2.24, 2.45) is 0 Å². The molecule has 0 spiro atoms. The van der Waals surface area contributed by atoms with E-state index < -0.39 is 24.3 Å². The zero-order valence-electron chi connectivity index (χ0n) is 48.3. The fraction of sp³-hybridized carbons (Fsp3) is 0.797. The van der Waals surface area contributed by atoms with Gasteiger partial charge in [0.25, 0.3) is 0 Å². The highest BCUT2D eigenvalue weighted by Gasteiger charge is 2.22. The number of esters is 2. The van der Waals surface area contributed by atoms with Crippen LogP contribution in [-0.2, 0) is 33.3 Å². The van der Waals surface area contributed by atoms with E-state index in [0.717, 1.165) is 70.6 Å². The maximum Gasteiger partial charge on any atom is 0.306 e. The predicted molar refractivity (Wildman–Crippen MR) is 306 cm³/mol. The Hall–Kier alpha value is -3.01. The normalized spacial score (nSPS) is 13.2. The van der Waals surface area contributed by atoms with Crippen molar-refractivity contribution in [3.8, 4) is 0 Å². The predicted octanol–water partition coefficient (Wildman–Crippen LogP) is 16.7. The highest BCUT2D eigenvalue weighted by atomic mass is 16.7. The molecule has 0 N–H and O–H groups in total. The zero-order valence-corrected chi connectivity index (χ0v) is 48.3. The lowest BCUT2D eigenvalue weighted by Crippen LogP contribution is -2.44. The molecule has 0 aromatic carbocycles. The smallest absolute Gasteiger partial charge is 0.306 e. The number of hydrogen-bond acceptors (Lipinski definition) is 8. The van der Waals surface area contributed by atoms with Crippen LogP contribution in [0.4, 0.5) is 0 Å². The Morgan fingerprint density at radius 2 is 0.781 bits per heavy atom. The molecule has 0 aromatic rings. The molecule has 0 heterocycles. The number of unbranched alkanes of at least 4 members (excludes halogenated alkanes) is 31. The summed E-state index contributed by atoms with van der Waals surface area (Å²) in [5.74, 6) is -2.28. The number of rotatable bonds is 56. The summed E-state index contributed by atoms with van der Waals surface area (Å²) in [4.78, 5) is 37.3. The summed E-state index contributed by atoms with van der Waals surface area (Å²) in [7, 11) is 5.92. The lowest BCUT2D eigenvalue weighted by Gasteiger charge is -2.26. The molecule has 9 nitrogen and oxygen atoms in total. The number of nitrogens with zero attached hydrogens (tertiary/aromatic N) is 1. The van der Waals surface area contributed by atoms with E-state index in [1.165, 1.54) is 167 Å². The summed E-state index contributed by atoms with van der Waals surface area (Å²) in [6, 6.07) is 0. The number of carbonyl (C=O) groups excluding carboxylic acids is 3. The molecule has 0 aromatic heterocycles. The Balaban J connectivity index is 4.21. The monoisotopic (exact) mass is 1030 g/mol. The van der Waals surface area contributed by atoms with E-state index in [1.54, 1.807) is 0 Å². The van der Waals surface area contributed by atoms with Crippen LogP contribution in [0.15, 0.2) is 60.8 Å². The van der Waals surface area contributed by atoms with Crippen molar-refractivity contribution in [3.63, 3.8) is 0 Å². The topological polar surface area (TPSA) is 111 Å². The van der Waals surface area contributed by atoms with Crippen LogP contribution >= 0.6 is 0 Å². The standard InChI is InChI=1S/C64H115NO8/c1-6-8-10-12-14-16-18-20-22-24-26-28-30-31-33-34-36-38-40-42-44-46-48-50-52-54-61(66)71-58-60(59-72-64(63(68)69)70-57-56-65(3,4)5)73-62(67)55-53-51-49-47-45-43-41-39-37-35-32-29-27-25-23-21-19-17-15-13-11-9-7-2/h9,11,15,17,21,23-24,26-27,29,60,64H,6-8,10,12-14,16,18-20,22,25,28,30-59H2,1-5H3/b11-9-,17-15-,23-21-,26-24-,29-27-. The van der Waals surface area contributed by atoms with E-state index in [4.69, 9.17) is 18.9 Å². The average Bonchev–Trinajstić information content (AvgIpc) is 3.36. The van der Waals surface area contributed by atoms with Gasteiger partial charge in [-0.3, -0.25) is 9.59 Å². The van der Waals surface area contributed by atoms with Crippen LogP contribution in [0.2, 0.25) is 0 Å². The Morgan fingerprint density at radius 1 is 0.425 bits per heavy atom. The Bertz CT molecular complexity index is 1380. The summed E-state index contributed by atoms with van der Waals surface area (Å²) < 4.78 is 22.7. The number of likely N-dealkylation sites (N-methyl/N-ethyl adjacent to an activating group) is 1. The Morgan fingerprint density at radius 3 is 1.18 bits per heavy atom. The summed E-state index contributed by atoms with van der Waals surface area (Å²) >= 11 is 0. The molecule has 2 atom stereocenters. The molecule has 73 heavy (non-hydrogen) atoms. The van der Waals surface area contributed by atoms with Crippen LogP contribution in [0.5, 0.6) is 0 Å². The number of carbonyl (C=O) groups is 3. The van der Waals surface area contributed by atoms with Crippen molar-refractivity contribution in [3.05, 3.63) is 60.8 Å². The van der Waals surface area contributed by atoms with E-state index in [0.29, 0.717) is 23.9 Å². The summed E-state index contributed by atoms with van der Waals surface area (Å²) in [6.07, 6.45) is 67.0. The molecule has 0 aliphatic carbocycles. The minimum atomic E-state index is -1.62. The Labute approximate surface area is 450 Å². The van der Waals surface area contributed by atoms with Gasteiger partial charge >= 0.3 is 11.9 Å². The lowest BCUT2D eigenvalue weighted by atomic mass is 10.0. The third-order valence-electron chi connectivity index (χ3n) is 13.2. The molecule has 0 radical (unpaired) electrons. The highest BCUT2D eigenvalue weighted by molar-refractivity contribution is 5.70. The third kappa shape index (κ3) is 56.6. The minimum absolute atomic E-state index is 0.146. The van der Waals surface area contributed by atoms with Crippen molar-refractivity contribution >= 4 is 17.9 Å². The number of hydrogen-bond donors (Lipinski definition) is 0. The van der Waals surface area contributed by atoms with Gasteiger partial charge in [-0.25, -0.2) is 0 Å². The number of allylic oxidation sites excluding steroid dienone is 10. The molecule has 0 bridgehead atoms. The molecule has 2 unspecified atom stereocenters. The van der Waals surface area contributed by atoms with Gasteiger partial charge in [0.05, 0.1) is 40.3 Å². The number of ether oxygens (including phenoxy) is 4. The second kappa shape index (κ2) is 55.2. The van der Waals surface area contributed by atoms with Crippen molar-refractivity contribution in [1.82, 2.24) is 0 Å². The molecule has 0 saturated carbocycles. The third-order valence-corrected chi connectivity index (χ3v) is 13.2. The molecule has 0 amide bonds. The largest absolute Gasteiger partial charge is 0.545 e. The maximum atomic E-state index is 12.9. The summed E-state index contributed by atoms with van der Waals surface area (Å²) in [6.45, 7) is 4.66. The first-order chi connectivity index (χ1) is 35.6. The van der Waals surface area contributed by atoms with Crippen LogP contribution in [0.25, 0.3) is 0 Å². The van der Waals surface area contributed by atoms with Crippen LogP contribution in [0.3, 0.4) is 0 Å². The Kier molecular flexibility index (Phi) is 53.0. The molecule has 0 aliphatic heterocycles. The molecular weight excluding hydrogens is 911 g/mol. The van der Waals surface area contributed by atoms with Gasteiger partial charge in [0.1, 0.15) is 13.2 Å². The molecule has 0 saturated heterocycles. The van der Waals surface area contributed by atoms with Gasteiger partial charge in [-0.15, -0.1) is 0 Å². The van der Waals surface area contributed by atoms with Gasteiger partial charge in [0.15, 0.2) is 12.4 Å². The van der Waals surface area contributed by atoms with Crippen LogP contribution < -0.4 is 5.11 Å². The van der Waals surface area contributed by atoms with Gasteiger partial charge in [-0.1, -0.05) is 242 Å². The average molecular weight is 1030 g/mol.